The van der Waals surface area contributed by atoms with E-state index in [0.717, 1.165) is 22.5 Å². The van der Waals surface area contributed by atoms with Crippen LogP contribution in [0.3, 0.4) is 0 Å². The first-order valence-electron chi connectivity index (χ1n) is 9.32. The maximum atomic E-state index is 12.3. The standard InChI is InChI=1S/C22H29N3O2/c1-14(2)18-8-6-7-9-20(18)25-21(26)13-23-19-11-10-17(12-16(19)5)22(27)24-15(3)4/h6-12,14-15,23H,13H2,1-5H3,(H,24,27)(H,25,26). The molecule has 3 N–H and O–H groups in total. The van der Waals surface area contributed by atoms with Crippen LogP contribution in [0.1, 0.15) is 55.1 Å². The molecule has 2 rings (SSSR count). The Bertz CT molecular complexity index is 813. The molecule has 0 aliphatic heterocycles. The number of anilines is 2. The second-order valence-electron chi connectivity index (χ2n) is 7.30. The number of nitrogens with one attached hydrogen (secondary N) is 3. The first kappa shape index (κ1) is 20.5. The first-order chi connectivity index (χ1) is 12.8. The number of hydrogen-bond donors (Lipinski definition) is 3. The molecule has 5 nitrogen and oxygen atoms in total. The van der Waals surface area contributed by atoms with Crippen LogP contribution >= 0.6 is 0 Å². The SMILES string of the molecule is Cc1cc(C(=O)NC(C)C)ccc1NCC(=O)Nc1ccccc1C(C)C. The molecule has 0 heterocycles. The second kappa shape index (κ2) is 9.21. The molecule has 2 aromatic rings. The van der Waals surface area contributed by atoms with Crippen molar-refractivity contribution in [2.45, 2.75) is 46.6 Å². The van der Waals surface area contributed by atoms with Gasteiger partial charge < -0.3 is 16.0 Å². The minimum Gasteiger partial charge on any atom is -0.376 e. The van der Waals surface area contributed by atoms with E-state index in [4.69, 9.17) is 0 Å². The highest BCUT2D eigenvalue weighted by Crippen LogP contribution is 2.23. The fourth-order valence-corrected chi connectivity index (χ4v) is 2.83. The highest BCUT2D eigenvalue weighted by atomic mass is 16.2. The van der Waals surface area contributed by atoms with Gasteiger partial charge in [0.2, 0.25) is 5.91 Å². The summed E-state index contributed by atoms with van der Waals surface area (Å²) in [5, 5.41) is 8.99. The Morgan fingerprint density at radius 2 is 1.67 bits per heavy atom. The van der Waals surface area contributed by atoms with Crippen molar-refractivity contribution >= 4 is 23.2 Å². The van der Waals surface area contributed by atoms with Gasteiger partial charge in [0, 0.05) is 23.0 Å². The monoisotopic (exact) mass is 367 g/mol. The summed E-state index contributed by atoms with van der Waals surface area (Å²) in [6, 6.07) is 13.3. The minimum absolute atomic E-state index is 0.0908. The normalized spacial score (nSPS) is 10.8. The molecule has 0 unspecified atom stereocenters. The Morgan fingerprint density at radius 1 is 0.963 bits per heavy atom. The van der Waals surface area contributed by atoms with Crippen LogP contribution in [0, 0.1) is 6.92 Å². The van der Waals surface area contributed by atoms with Crippen LogP contribution in [0.2, 0.25) is 0 Å². The zero-order chi connectivity index (χ0) is 20.0. The largest absolute Gasteiger partial charge is 0.376 e. The average Bonchev–Trinajstić information content (AvgIpc) is 2.60. The zero-order valence-corrected chi connectivity index (χ0v) is 16.7. The topological polar surface area (TPSA) is 70.2 Å². The fourth-order valence-electron chi connectivity index (χ4n) is 2.83. The van der Waals surface area contributed by atoms with Crippen molar-refractivity contribution in [3.63, 3.8) is 0 Å². The molecule has 0 radical (unpaired) electrons. The van der Waals surface area contributed by atoms with Gasteiger partial charge in [-0.2, -0.15) is 0 Å². The Labute approximate surface area is 161 Å². The molecule has 0 aliphatic carbocycles. The van der Waals surface area contributed by atoms with E-state index < -0.39 is 0 Å². The molecular formula is C22H29N3O2. The van der Waals surface area contributed by atoms with Crippen LogP contribution in [0.4, 0.5) is 11.4 Å². The summed E-state index contributed by atoms with van der Waals surface area (Å²) < 4.78 is 0. The van der Waals surface area contributed by atoms with Crippen LogP contribution in [-0.2, 0) is 4.79 Å². The van der Waals surface area contributed by atoms with Gasteiger partial charge in [0.25, 0.3) is 5.91 Å². The average molecular weight is 367 g/mol. The third-order valence-corrected chi connectivity index (χ3v) is 4.20. The highest BCUT2D eigenvalue weighted by molar-refractivity contribution is 5.96. The molecule has 0 saturated heterocycles. The number of aryl methyl sites for hydroxylation is 1. The van der Waals surface area contributed by atoms with E-state index in [1.54, 1.807) is 6.07 Å². The van der Waals surface area contributed by atoms with Gasteiger partial charge in [0.05, 0.1) is 6.54 Å². The summed E-state index contributed by atoms with van der Waals surface area (Å²) in [7, 11) is 0. The molecule has 144 valence electrons. The Balaban J connectivity index is 1.98. The van der Waals surface area contributed by atoms with Gasteiger partial charge in [-0.15, -0.1) is 0 Å². The lowest BCUT2D eigenvalue weighted by molar-refractivity contribution is -0.114. The van der Waals surface area contributed by atoms with Crippen molar-refractivity contribution < 1.29 is 9.59 Å². The van der Waals surface area contributed by atoms with Gasteiger partial charge in [-0.25, -0.2) is 0 Å². The van der Waals surface area contributed by atoms with Crippen molar-refractivity contribution in [3.05, 3.63) is 59.2 Å². The van der Waals surface area contributed by atoms with E-state index in [0.29, 0.717) is 11.5 Å². The van der Waals surface area contributed by atoms with Crippen LogP contribution < -0.4 is 16.0 Å². The number of benzene rings is 2. The molecule has 0 atom stereocenters. The van der Waals surface area contributed by atoms with Crippen LogP contribution in [0.5, 0.6) is 0 Å². The summed E-state index contributed by atoms with van der Waals surface area (Å²) in [5.74, 6) is 0.132. The molecule has 0 fully saturated rings. The van der Waals surface area contributed by atoms with Gasteiger partial charge in [-0.1, -0.05) is 32.0 Å². The lowest BCUT2D eigenvalue weighted by Gasteiger charge is -2.15. The number of amides is 2. The molecule has 2 aromatic carbocycles. The summed E-state index contributed by atoms with van der Waals surface area (Å²) in [6.45, 7) is 10.1. The predicted molar refractivity (Wildman–Crippen MR) is 111 cm³/mol. The molecule has 0 saturated carbocycles. The van der Waals surface area contributed by atoms with Crippen molar-refractivity contribution in [1.29, 1.82) is 0 Å². The minimum atomic E-state index is -0.107. The van der Waals surface area contributed by atoms with E-state index >= 15 is 0 Å². The van der Waals surface area contributed by atoms with Crippen molar-refractivity contribution in [3.8, 4) is 0 Å². The van der Waals surface area contributed by atoms with E-state index in [9.17, 15) is 9.59 Å². The van der Waals surface area contributed by atoms with Gasteiger partial charge in [-0.3, -0.25) is 9.59 Å². The van der Waals surface area contributed by atoms with E-state index in [1.807, 2.05) is 57.2 Å². The fraction of sp³-hybridized carbons (Fsp3) is 0.364. The predicted octanol–water partition coefficient (Wildman–Crippen LogP) is 4.31. The summed E-state index contributed by atoms with van der Waals surface area (Å²) in [5.41, 5.74) is 4.33. The number of rotatable bonds is 7. The van der Waals surface area contributed by atoms with E-state index in [-0.39, 0.29) is 24.4 Å². The van der Waals surface area contributed by atoms with E-state index in [2.05, 4.69) is 29.8 Å². The van der Waals surface area contributed by atoms with Gasteiger partial charge in [0.15, 0.2) is 0 Å². The molecule has 2 amide bonds. The Morgan fingerprint density at radius 3 is 2.30 bits per heavy atom. The summed E-state index contributed by atoms with van der Waals surface area (Å²) >= 11 is 0. The molecular weight excluding hydrogens is 338 g/mol. The van der Waals surface area contributed by atoms with Gasteiger partial charge >= 0.3 is 0 Å². The third kappa shape index (κ3) is 5.84. The number of hydrogen-bond acceptors (Lipinski definition) is 3. The van der Waals surface area contributed by atoms with Crippen molar-refractivity contribution in [2.75, 3.05) is 17.2 Å². The molecule has 27 heavy (non-hydrogen) atoms. The molecule has 0 aromatic heterocycles. The first-order valence-corrected chi connectivity index (χ1v) is 9.32. The van der Waals surface area contributed by atoms with E-state index in [1.165, 1.54) is 0 Å². The Kier molecular flexibility index (Phi) is 6.99. The lowest BCUT2D eigenvalue weighted by Crippen LogP contribution is -2.30. The number of carbonyl (C=O) groups is 2. The summed E-state index contributed by atoms with van der Waals surface area (Å²) in [4.78, 5) is 24.4. The highest BCUT2D eigenvalue weighted by Gasteiger charge is 2.11. The quantitative estimate of drug-likeness (QED) is 0.683. The zero-order valence-electron chi connectivity index (χ0n) is 16.7. The van der Waals surface area contributed by atoms with Gasteiger partial charge in [0.1, 0.15) is 0 Å². The summed E-state index contributed by atoms with van der Waals surface area (Å²) in [6.07, 6.45) is 0. The molecule has 0 spiro atoms. The van der Waals surface area contributed by atoms with Crippen LogP contribution in [0.25, 0.3) is 0 Å². The molecule has 0 bridgehead atoms. The van der Waals surface area contributed by atoms with Crippen LogP contribution in [-0.4, -0.2) is 24.4 Å². The number of carbonyl (C=O) groups excluding carboxylic acids is 2. The Hall–Kier alpha value is -2.82. The molecule has 0 aliphatic rings. The smallest absolute Gasteiger partial charge is 0.251 e. The van der Waals surface area contributed by atoms with Crippen molar-refractivity contribution in [1.82, 2.24) is 5.32 Å². The van der Waals surface area contributed by atoms with Crippen molar-refractivity contribution in [2.24, 2.45) is 0 Å². The lowest BCUT2D eigenvalue weighted by atomic mass is 10.0. The third-order valence-electron chi connectivity index (χ3n) is 4.20. The van der Waals surface area contributed by atoms with Crippen LogP contribution in [0.15, 0.2) is 42.5 Å². The second-order valence-corrected chi connectivity index (χ2v) is 7.30. The van der Waals surface area contributed by atoms with Gasteiger partial charge in [-0.05, 0) is 62.1 Å². The maximum absolute atomic E-state index is 12.3. The maximum Gasteiger partial charge on any atom is 0.251 e. The molecule has 5 heteroatoms. The number of para-hydroxylation sites is 1.